The summed E-state index contributed by atoms with van der Waals surface area (Å²) in [4.78, 5) is 11.3. The number of hydrogen-bond donors (Lipinski definition) is 2. The summed E-state index contributed by atoms with van der Waals surface area (Å²) in [6.07, 6.45) is 2.27. The predicted molar refractivity (Wildman–Crippen MR) is 60.6 cm³/mol. The Morgan fingerprint density at radius 2 is 1.94 bits per heavy atom. The molecule has 0 aliphatic heterocycles. The van der Waals surface area contributed by atoms with Gasteiger partial charge in [0.25, 0.3) is 0 Å². The quantitative estimate of drug-likeness (QED) is 0.827. The van der Waals surface area contributed by atoms with Crippen molar-refractivity contribution in [1.29, 1.82) is 0 Å². The van der Waals surface area contributed by atoms with E-state index in [0.29, 0.717) is 6.04 Å². The van der Waals surface area contributed by atoms with Crippen LogP contribution in [0.5, 0.6) is 0 Å². The van der Waals surface area contributed by atoms with Gasteiger partial charge in [0.15, 0.2) is 0 Å². The Kier molecular flexibility index (Phi) is 3.56. The highest BCUT2D eigenvalue weighted by Gasteiger charge is 2.22. The van der Waals surface area contributed by atoms with Gasteiger partial charge in [-0.2, -0.15) is 0 Å². The topological polar surface area (TPSA) is 41.1 Å². The minimum Gasteiger partial charge on any atom is -0.380 e. The predicted octanol–water partition coefficient (Wildman–Crippen LogP) is 2.05. The number of halogens is 2. The van der Waals surface area contributed by atoms with E-state index in [1.807, 2.05) is 0 Å². The molecule has 0 bridgehead atoms. The molecule has 0 heterocycles. The van der Waals surface area contributed by atoms with Crippen LogP contribution in [0.1, 0.15) is 19.3 Å². The third-order valence-electron chi connectivity index (χ3n) is 2.56. The van der Waals surface area contributed by atoms with Crippen LogP contribution < -0.4 is 10.6 Å². The number of para-hydroxylation sites is 1. The van der Waals surface area contributed by atoms with Crippen molar-refractivity contribution in [3.63, 3.8) is 0 Å². The third-order valence-corrected chi connectivity index (χ3v) is 2.56. The average molecular weight is 240 g/mol. The molecule has 0 spiro atoms. The van der Waals surface area contributed by atoms with Gasteiger partial charge in [-0.25, -0.2) is 8.78 Å². The second kappa shape index (κ2) is 5.12. The van der Waals surface area contributed by atoms with Crippen LogP contribution in [0.15, 0.2) is 18.2 Å². The molecule has 2 rings (SSSR count). The number of rotatable bonds is 5. The van der Waals surface area contributed by atoms with Crippen LogP contribution in [0.2, 0.25) is 0 Å². The standard InChI is InChI=1S/C12H14F2N2O/c13-9-2-1-3-10(14)12(9)15-7-6-11(17)16-8-4-5-8/h1-3,8,15H,4-7H2,(H,16,17). The molecular weight excluding hydrogens is 226 g/mol. The van der Waals surface area contributed by atoms with E-state index in [9.17, 15) is 13.6 Å². The van der Waals surface area contributed by atoms with Gasteiger partial charge in [-0.05, 0) is 25.0 Å². The van der Waals surface area contributed by atoms with E-state index in [4.69, 9.17) is 0 Å². The zero-order valence-corrected chi connectivity index (χ0v) is 9.30. The van der Waals surface area contributed by atoms with Crippen LogP contribution in [-0.4, -0.2) is 18.5 Å². The van der Waals surface area contributed by atoms with E-state index in [2.05, 4.69) is 10.6 Å². The van der Waals surface area contributed by atoms with E-state index >= 15 is 0 Å². The first-order valence-electron chi connectivity index (χ1n) is 5.64. The molecule has 1 aromatic carbocycles. The Bertz CT molecular complexity index is 399. The molecule has 1 aliphatic carbocycles. The van der Waals surface area contributed by atoms with Gasteiger partial charge < -0.3 is 10.6 Å². The molecule has 92 valence electrons. The molecular formula is C12H14F2N2O. The maximum atomic E-state index is 13.2. The Hall–Kier alpha value is -1.65. The van der Waals surface area contributed by atoms with Crippen LogP contribution in [0, 0.1) is 11.6 Å². The largest absolute Gasteiger partial charge is 0.380 e. The van der Waals surface area contributed by atoms with Crippen molar-refractivity contribution < 1.29 is 13.6 Å². The molecule has 1 saturated carbocycles. The molecule has 1 aliphatic rings. The molecule has 0 radical (unpaired) electrons. The van der Waals surface area contributed by atoms with E-state index in [-0.39, 0.29) is 24.6 Å². The summed E-state index contributed by atoms with van der Waals surface area (Å²) < 4.78 is 26.4. The fourth-order valence-electron chi connectivity index (χ4n) is 1.50. The minimum absolute atomic E-state index is 0.0863. The lowest BCUT2D eigenvalue weighted by molar-refractivity contribution is -0.120. The Morgan fingerprint density at radius 3 is 2.53 bits per heavy atom. The van der Waals surface area contributed by atoms with Crippen molar-refractivity contribution in [3.05, 3.63) is 29.8 Å². The van der Waals surface area contributed by atoms with Crippen molar-refractivity contribution in [3.8, 4) is 0 Å². The summed E-state index contributed by atoms with van der Waals surface area (Å²) in [6, 6.07) is 3.97. The van der Waals surface area contributed by atoms with Crippen LogP contribution in [0.3, 0.4) is 0 Å². The number of benzene rings is 1. The van der Waals surface area contributed by atoms with Crippen LogP contribution >= 0.6 is 0 Å². The number of anilines is 1. The molecule has 0 saturated heterocycles. The molecule has 1 amide bonds. The lowest BCUT2D eigenvalue weighted by Gasteiger charge is -2.08. The fourth-order valence-corrected chi connectivity index (χ4v) is 1.50. The maximum Gasteiger partial charge on any atom is 0.221 e. The van der Waals surface area contributed by atoms with Crippen molar-refractivity contribution in [2.45, 2.75) is 25.3 Å². The summed E-state index contributed by atoms with van der Waals surface area (Å²) in [7, 11) is 0. The maximum absolute atomic E-state index is 13.2. The van der Waals surface area contributed by atoms with Gasteiger partial charge in [-0.3, -0.25) is 4.79 Å². The van der Waals surface area contributed by atoms with Crippen molar-refractivity contribution in [2.24, 2.45) is 0 Å². The normalized spacial score (nSPS) is 14.5. The summed E-state index contributed by atoms with van der Waals surface area (Å²) >= 11 is 0. The number of nitrogens with one attached hydrogen (secondary N) is 2. The summed E-state index contributed by atoms with van der Waals surface area (Å²) in [5.41, 5.74) is -0.174. The molecule has 0 aromatic heterocycles. The van der Waals surface area contributed by atoms with Gasteiger partial charge in [0.1, 0.15) is 17.3 Å². The first-order valence-corrected chi connectivity index (χ1v) is 5.64. The monoisotopic (exact) mass is 240 g/mol. The highest BCUT2D eigenvalue weighted by molar-refractivity contribution is 5.77. The lowest BCUT2D eigenvalue weighted by Crippen LogP contribution is -2.27. The number of carbonyl (C=O) groups excluding carboxylic acids is 1. The lowest BCUT2D eigenvalue weighted by atomic mass is 10.3. The van der Waals surface area contributed by atoms with Gasteiger partial charge in [0.2, 0.25) is 5.91 Å². The van der Waals surface area contributed by atoms with Crippen molar-refractivity contribution in [1.82, 2.24) is 5.32 Å². The van der Waals surface area contributed by atoms with Gasteiger partial charge in [-0.15, -0.1) is 0 Å². The van der Waals surface area contributed by atoms with Gasteiger partial charge in [0.05, 0.1) is 0 Å². The number of amides is 1. The van der Waals surface area contributed by atoms with E-state index in [1.54, 1.807) is 0 Å². The highest BCUT2D eigenvalue weighted by atomic mass is 19.1. The second-order valence-corrected chi connectivity index (χ2v) is 4.12. The third kappa shape index (κ3) is 3.41. The highest BCUT2D eigenvalue weighted by Crippen LogP contribution is 2.19. The Balaban J connectivity index is 1.79. The molecule has 3 nitrogen and oxygen atoms in total. The van der Waals surface area contributed by atoms with E-state index in [1.165, 1.54) is 18.2 Å². The number of hydrogen-bond acceptors (Lipinski definition) is 2. The van der Waals surface area contributed by atoms with E-state index in [0.717, 1.165) is 12.8 Å². The molecule has 17 heavy (non-hydrogen) atoms. The van der Waals surface area contributed by atoms with E-state index < -0.39 is 11.6 Å². The van der Waals surface area contributed by atoms with Crippen molar-refractivity contribution in [2.75, 3.05) is 11.9 Å². The smallest absolute Gasteiger partial charge is 0.221 e. The zero-order valence-electron chi connectivity index (χ0n) is 9.30. The first-order chi connectivity index (χ1) is 8.16. The Labute approximate surface area is 98.2 Å². The van der Waals surface area contributed by atoms with Gasteiger partial charge in [0, 0.05) is 19.0 Å². The molecule has 1 fully saturated rings. The van der Waals surface area contributed by atoms with Gasteiger partial charge >= 0.3 is 0 Å². The van der Waals surface area contributed by atoms with Crippen LogP contribution in [0.4, 0.5) is 14.5 Å². The molecule has 5 heteroatoms. The summed E-state index contributed by atoms with van der Waals surface area (Å²) in [5.74, 6) is -1.38. The summed E-state index contributed by atoms with van der Waals surface area (Å²) in [6.45, 7) is 0.219. The SMILES string of the molecule is O=C(CCNc1c(F)cccc1F)NC1CC1. The van der Waals surface area contributed by atoms with Crippen LogP contribution in [-0.2, 0) is 4.79 Å². The first kappa shape index (κ1) is 11.8. The van der Waals surface area contributed by atoms with Crippen molar-refractivity contribution >= 4 is 11.6 Å². The second-order valence-electron chi connectivity index (χ2n) is 4.12. The number of carbonyl (C=O) groups is 1. The summed E-state index contributed by atoms with van der Waals surface area (Å²) in [5, 5.41) is 5.40. The zero-order chi connectivity index (χ0) is 12.3. The Morgan fingerprint density at radius 1 is 1.29 bits per heavy atom. The fraction of sp³-hybridized carbons (Fsp3) is 0.417. The molecule has 2 N–H and O–H groups in total. The minimum atomic E-state index is -0.646. The average Bonchev–Trinajstić information content (AvgIpc) is 3.06. The van der Waals surface area contributed by atoms with Gasteiger partial charge in [-0.1, -0.05) is 6.07 Å². The van der Waals surface area contributed by atoms with Crippen LogP contribution in [0.25, 0.3) is 0 Å². The molecule has 0 unspecified atom stereocenters. The molecule has 0 atom stereocenters. The molecule has 1 aromatic rings.